The highest BCUT2D eigenvalue weighted by atomic mass is 32.2. The summed E-state index contributed by atoms with van der Waals surface area (Å²) in [7, 11) is -3.57. The molecule has 9 heteroatoms. The lowest BCUT2D eigenvalue weighted by Gasteiger charge is -2.22. The van der Waals surface area contributed by atoms with Crippen molar-refractivity contribution in [1.82, 2.24) is 10.0 Å². The van der Waals surface area contributed by atoms with E-state index in [4.69, 9.17) is 17.0 Å². The quantitative estimate of drug-likeness (QED) is 0.312. The standard InChI is InChI=1S/C25H33N3O4S2/c1-2-3-9-18-32-23-13-8-7-12-22(23)24(29)27-25(33)26-19-14-16-21(17-15-19)34(30,31)28-20-10-5-4-6-11-20/h7-8,12-17,20,28H,2-6,9-11,18H2,1H3,(H2,26,27,29,33). The van der Waals surface area contributed by atoms with E-state index in [-0.39, 0.29) is 22.0 Å². The smallest absolute Gasteiger partial charge is 0.261 e. The number of rotatable bonds is 10. The maximum absolute atomic E-state index is 12.7. The minimum atomic E-state index is -3.57. The summed E-state index contributed by atoms with van der Waals surface area (Å²) in [6, 6.07) is 13.3. The minimum Gasteiger partial charge on any atom is -0.493 e. The van der Waals surface area contributed by atoms with Crippen molar-refractivity contribution < 1.29 is 17.9 Å². The Hall–Kier alpha value is -2.49. The second-order valence-corrected chi connectivity index (χ2v) is 10.6. The molecule has 0 aromatic heterocycles. The van der Waals surface area contributed by atoms with Gasteiger partial charge in [-0.3, -0.25) is 10.1 Å². The number of sulfonamides is 1. The minimum absolute atomic E-state index is 0.00200. The van der Waals surface area contributed by atoms with Crippen molar-refractivity contribution in [1.29, 1.82) is 0 Å². The molecular weight excluding hydrogens is 470 g/mol. The first-order valence-corrected chi connectivity index (χ1v) is 13.7. The molecule has 2 aromatic rings. The number of hydrogen-bond acceptors (Lipinski definition) is 5. The first kappa shape index (κ1) is 26.1. The summed E-state index contributed by atoms with van der Waals surface area (Å²) in [6.45, 7) is 2.67. The summed E-state index contributed by atoms with van der Waals surface area (Å²) in [4.78, 5) is 12.9. The summed E-state index contributed by atoms with van der Waals surface area (Å²) in [5, 5.41) is 5.69. The van der Waals surface area contributed by atoms with Crippen LogP contribution in [-0.4, -0.2) is 32.1 Å². The molecule has 3 N–H and O–H groups in total. The molecule has 34 heavy (non-hydrogen) atoms. The molecule has 1 amide bonds. The highest BCUT2D eigenvalue weighted by Crippen LogP contribution is 2.21. The third-order valence-electron chi connectivity index (χ3n) is 5.71. The molecule has 0 radical (unpaired) electrons. The molecule has 0 spiro atoms. The molecule has 2 aromatic carbocycles. The number of unbranched alkanes of at least 4 members (excludes halogenated alkanes) is 2. The van der Waals surface area contributed by atoms with Crippen molar-refractivity contribution in [3.8, 4) is 5.75 Å². The van der Waals surface area contributed by atoms with E-state index in [1.54, 1.807) is 30.3 Å². The Kier molecular flexibility index (Phi) is 9.86. The maximum atomic E-state index is 12.7. The predicted molar refractivity (Wildman–Crippen MR) is 139 cm³/mol. The van der Waals surface area contributed by atoms with E-state index < -0.39 is 10.0 Å². The van der Waals surface area contributed by atoms with Crippen LogP contribution in [-0.2, 0) is 10.0 Å². The Morgan fingerprint density at radius 1 is 1.03 bits per heavy atom. The van der Waals surface area contributed by atoms with Crippen LogP contribution in [0.2, 0.25) is 0 Å². The van der Waals surface area contributed by atoms with Gasteiger partial charge in [0.15, 0.2) is 5.11 Å². The van der Waals surface area contributed by atoms with Gasteiger partial charge in [-0.15, -0.1) is 0 Å². The third-order valence-corrected chi connectivity index (χ3v) is 7.45. The number of anilines is 1. The molecule has 1 fully saturated rings. The molecule has 3 rings (SSSR count). The molecule has 7 nitrogen and oxygen atoms in total. The first-order valence-electron chi connectivity index (χ1n) is 11.9. The van der Waals surface area contributed by atoms with Gasteiger partial charge < -0.3 is 10.1 Å². The van der Waals surface area contributed by atoms with Crippen molar-refractivity contribution in [2.24, 2.45) is 0 Å². The highest BCUT2D eigenvalue weighted by molar-refractivity contribution is 7.89. The average Bonchev–Trinajstić information content (AvgIpc) is 2.83. The van der Waals surface area contributed by atoms with Gasteiger partial charge in [0.25, 0.3) is 5.91 Å². The van der Waals surface area contributed by atoms with Crippen molar-refractivity contribution in [2.75, 3.05) is 11.9 Å². The number of hydrogen-bond donors (Lipinski definition) is 3. The zero-order valence-corrected chi connectivity index (χ0v) is 21.1. The molecule has 184 valence electrons. The van der Waals surface area contributed by atoms with Gasteiger partial charge in [-0.05, 0) is 67.9 Å². The number of ether oxygens (including phenoxy) is 1. The van der Waals surface area contributed by atoms with Crippen LogP contribution in [0.15, 0.2) is 53.4 Å². The molecule has 1 aliphatic rings. The van der Waals surface area contributed by atoms with Crippen LogP contribution in [0.3, 0.4) is 0 Å². The van der Waals surface area contributed by atoms with Crippen molar-refractivity contribution in [3.05, 3.63) is 54.1 Å². The fraction of sp³-hybridized carbons (Fsp3) is 0.440. The van der Waals surface area contributed by atoms with Crippen molar-refractivity contribution in [3.63, 3.8) is 0 Å². The molecule has 0 saturated heterocycles. The number of thiocarbonyl (C=S) groups is 1. The molecule has 0 aliphatic heterocycles. The van der Waals surface area contributed by atoms with Crippen LogP contribution in [0.5, 0.6) is 5.75 Å². The third kappa shape index (κ3) is 7.78. The number of para-hydroxylation sites is 1. The largest absolute Gasteiger partial charge is 0.493 e. The van der Waals surface area contributed by atoms with Gasteiger partial charge >= 0.3 is 0 Å². The zero-order valence-electron chi connectivity index (χ0n) is 19.5. The van der Waals surface area contributed by atoms with E-state index in [2.05, 4.69) is 22.3 Å². The van der Waals surface area contributed by atoms with Gasteiger partial charge in [0.05, 0.1) is 17.1 Å². The number of carbonyl (C=O) groups excluding carboxylic acids is 1. The monoisotopic (exact) mass is 503 g/mol. The van der Waals surface area contributed by atoms with Crippen molar-refractivity contribution in [2.45, 2.75) is 69.2 Å². The molecule has 1 aliphatic carbocycles. The molecule has 0 bridgehead atoms. The fourth-order valence-corrected chi connectivity index (χ4v) is 5.39. The Morgan fingerprint density at radius 3 is 2.44 bits per heavy atom. The number of nitrogens with one attached hydrogen (secondary N) is 3. The molecule has 0 atom stereocenters. The summed E-state index contributed by atoms with van der Waals surface area (Å²) < 4.78 is 33.9. The van der Waals surface area contributed by atoms with E-state index in [1.165, 1.54) is 12.1 Å². The van der Waals surface area contributed by atoms with Crippen LogP contribution in [0.4, 0.5) is 5.69 Å². The second-order valence-electron chi connectivity index (χ2n) is 8.44. The normalized spacial score (nSPS) is 14.4. The van der Waals surface area contributed by atoms with E-state index in [9.17, 15) is 13.2 Å². The van der Waals surface area contributed by atoms with Gasteiger partial charge in [0.1, 0.15) is 5.75 Å². The zero-order chi connectivity index (χ0) is 24.4. The average molecular weight is 504 g/mol. The number of carbonyl (C=O) groups is 1. The van der Waals surface area contributed by atoms with Gasteiger partial charge in [0, 0.05) is 11.7 Å². The van der Waals surface area contributed by atoms with E-state index in [0.29, 0.717) is 23.6 Å². The Morgan fingerprint density at radius 2 is 1.74 bits per heavy atom. The topological polar surface area (TPSA) is 96.5 Å². The van der Waals surface area contributed by atoms with Crippen LogP contribution < -0.4 is 20.1 Å². The lowest BCUT2D eigenvalue weighted by atomic mass is 9.96. The van der Waals surface area contributed by atoms with Gasteiger partial charge in [-0.2, -0.15) is 0 Å². The summed E-state index contributed by atoms with van der Waals surface area (Å²) in [6.07, 6.45) is 8.10. The molecule has 0 unspecified atom stereocenters. The molecular formula is C25H33N3O4S2. The van der Waals surface area contributed by atoms with Gasteiger partial charge in [0.2, 0.25) is 10.0 Å². The maximum Gasteiger partial charge on any atom is 0.261 e. The highest BCUT2D eigenvalue weighted by Gasteiger charge is 2.22. The van der Waals surface area contributed by atoms with E-state index in [1.807, 2.05) is 6.07 Å². The SMILES string of the molecule is CCCCCOc1ccccc1C(=O)NC(=S)Nc1ccc(S(=O)(=O)NC2CCCCC2)cc1. The summed E-state index contributed by atoms with van der Waals surface area (Å²) >= 11 is 5.28. The van der Waals surface area contributed by atoms with Crippen LogP contribution in [0, 0.1) is 0 Å². The van der Waals surface area contributed by atoms with E-state index in [0.717, 1.165) is 51.4 Å². The number of amides is 1. The van der Waals surface area contributed by atoms with Crippen LogP contribution >= 0.6 is 12.2 Å². The van der Waals surface area contributed by atoms with Crippen LogP contribution in [0.25, 0.3) is 0 Å². The lowest BCUT2D eigenvalue weighted by molar-refractivity contribution is 0.0973. The Bertz CT molecular complexity index is 1070. The first-order chi connectivity index (χ1) is 16.4. The lowest BCUT2D eigenvalue weighted by Crippen LogP contribution is -2.36. The summed E-state index contributed by atoms with van der Waals surface area (Å²) in [5.74, 6) is 0.137. The van der Waals surface area contributed by atoms with Gasteiger partial charge in [-0.25, -0.2) is 13.1 Å². The van der Waals surface area contributed by atoms with Crippen molar-refractivity contribution >= 4 is 38.9 Å². The van der Waals surface area contributed by atoms with Gasteiger partial charge in [-0.1, -0.05) is 51.2 Å². The summed E-state index contributed by atoms with van der Waals surface area (Å²) in [5.41, 5.74) is 0.976. The Balaban J connectivity index is 1.55. The van der Waals surface area contributed by atoms with Crippen LogP contribution in [0.1, 0.15) is 68.6 Å². The predicted octanol–water partition coefficient (Wildman–Crippen LogP) is 4.99. The number of benzene rings is 2. The Labute approximate surface area is 207 Å². The molecule has 0 heterocycles. The van der Waals surface area contributed by atoms with E-state index >= 15 is 0 Å². The molecule has 1 saturated carbocycles. The second kappa shape index (κ2) is 12.8. The fourth-order valence-electron chi connectivity index (χ4n) is 3.87.